The molecule has 7 nitrogen and oxygen atoms in total. The fourth-order valence-electron chi connectivity index (χ4n) is 6.31. The Morgan fingerprint density at radius 2 is 1.74 bits per heavy atom. The van der Waals surface area contributed by atoms with Gasteiger partial charge in [0.1, 0.15) is 12.1 Å². The number of nitrogens with one attached hydrogen (secondary N) is 2. The van der Waals surface area contributed by atoms with Gasteiger partial charge < -0.3 is 15.5 Å². The van der Waals surface area contributed by atoms with Gasteiger partial charge in [0, 0.05) is 50.3 Å². The van der Waals surface area contributed by atoms with Crippen LogP contribution in [-0.2, 0) is 6.42 Å². The van der Waals surface area contributed by atoms with Crippen LogP contribution in [0.2, 0.25) is 0 Å². The van der Waals surface area contributed by atoms with E-state index in [4.69, 9.17) is 4.98 Å². The predicted molar refractivity (Wildman–Crippen MR) is 141 cm³/mol. The summed E-state index contributed by atoms with van der Waals surface area (Å²) in [5.41, 5.74) is 6.47. The van der Waals surface area contributed by atoms with Gasteiger partial charge in [-0.3, -0.25) is 9.97 Å². The van der Waals surface area contributed by atoms with E-state index in [0.29, 0.717) is 12.0 Å². The van der Waals surface area contributed by atoms with Crippen LogP contribution in [0.1, 0.15) is 49.8 Å². The first-order chi connectivity index (χ1) is 17.1. The first-order valence-corrected chi connectivity index (χ1v) is 13.1. The van der Waals surface area contributed by atoms with Gasteiger partial charge in [0.05, 0.1) is 22.4 Å². The molecule has 1 aromatic carbocycles. The number of nitrogens with zero attached hydrogens (tertiary/aromatic N) is 5. The van der Waals surface area contributed by atoms with Crippen molar-refractivity contribution in [3.05, 3.63) is 54.8 Å². The minimum atomic E-state index is 0.444. The summed E-state index contributed by atoms with van der Waals surface area (Å²) in [6, 6.07) is 7.10. The quantitative estimate of drug-likeness (QED) is 0.521. The molecule has 2 aromatic heterocycles. The molecule has 0 atom stereocenters. The Balaban J connectivity index is 1.12. The topological polar surface area (TPSA) is 78.9 Å². The fraction of sp³-hybridized carbons (Fsp3) is 0.500. The Morgan fingerprint density at radius 3 is 2.51 bits per heavy atom. The van der Waals surface area contributed by atoms with Crippen LogP contribution in [0.4, 0.5) is 11.5 Å². The molecule has 4 fully saturated rings. The van der Waals surface area contributed by atoms with Crippen LogP contribution in [0.5, 0.6) is 0 Å². The summed E-state index contributed by atoms with van der Waals surface area (Å²) in [7, 11) is 1.86. The normalized spacial score (nSPS) is 25.7. The van der Waals surface area contributed by atoms with Crippen molar-refractivity contribution in [3.63, 3.8) is 0 Å². The largest absolute Gasteiger partial charge is 0.387 e. The number of aromatic nitrogens is 4. The lowest BCUT2D eigenvalue weighted by molar-refractivity contribution is 0.159. The van der Waals surface area contributed by atoms with Crippen molar-refractivity contribution >= 4 is 28.2 Å². The highest BCUT2D eigenvalue weighted by Gasteiger charge is 2.37. The third kappa shape index (κ3) is 4.68. The second-order valence-electron chi connectivity index (χ2n) is 10.7. The van der Waals surface area contributed by atoms with Gasteiger partial charge in [-0.2, -0.15) is 0 Å². The molecule has 0 spiro atoms. The third-order valence-electron chi connectivity index (χ3n) is 8.28. The van der Waals surface area contributed by atoms with E-state index in [0.717, 1.165) is 59.3 Å². The summed E-state index contributed by atoms with van der Waals surface area (Å²) in [6.45, 7) is 6.40. The Hall–Kier alpha value is -3.22. The molecular weight excluding hydrogens is 434 g/mol. The predicted octanol–water partition coefficient (Wildman–Crippen LogP) is 4.67. The standard InChI is InChI=1S/C28H35N7/c1-18(29-2)25-14-27(33-17-32-25)34-23-5-3-19(4-6-23)11-22-12-24(13-26-28(22)31-8-7-30-26)35-15-20-9-21(10-20)16-35/h7-8,12-14,17,19-21,23,29H,1,3-6,9-11,15-16H2,2H3,(H,32,33,34). The van der Waals surface area contributed by atoms with Gasteiger partial charge >= 0.3 is 0 Å². The molecule has 0 amide bonds. The van der Waals surface area contributed by atoms with E-state index in [-0.39, 0.29) is 0 Å². The first kappa shape index (κ1) is 22.3. The number of piperidine rings is 2. The molecule has 2 bridgehead atoms. The number of hydrogen-bond acceptors (Lipinski definition) is 7. The molecular formula is C28H35N7. The second kappa shape index (κ2) is 9.44. The summed E-state index contributed by atoms with van der Waals surface area (Å²) in [6.07, 6.45) is 13.9. The number of rotatable bonds is 7. The Kier molecular flexibility index (Phi) is 6.00. The molecule has 0 unspecified atom stereocenters. The second-order valence-corrected chi connectivity index (χ2v) is 10.7. The maximum absolute atomic E-state index is 4.74. The van der Waals surface area contributed by atoms with Crippen LogP contribution < -0.4 is 15.5 Å². The van der Waals surface area contributed by atoms with Crippen molar-refractivity contribution in [2.75, 3.05) is 30.4 Å². The highest BCUT2D eigenvalue weighted by molar-refractivity contribution is 5.82. The van der Waals surface area contributed by atoms with Gasteiger partial charge in [0.25, 0.3) is 0 Å². The number of fused-ring (bicyclic) bond motifs is 3. The van der Waals surface area contributed by atoms with Crippen molar-refractivity contribution in [1.29, 1.82) is 0 Å². The van der Waals surface area contributed by atoms with E-state index >= 15 is 0 Å². The van der Waals surface area contributed by atoms with Crippen molar-refractivity contribution in [2.45, 2.75) is 51.0 Å². The summed E-state index contributed by atoms with van der Waals surface area (Å²) in [5, 5.41) is 6.68. The highest BCUT2D eigenvalue weighted by Crippen LogP contribution is 2.42. The summed E-state index contributed by atoms with van der Waals surface area (Å²) < 4.78 is 0. The van der Waals surface area contributed by atoms with Gasteiger partial charge in [0.15, 0.2) is 0 Å². The number of benzene rings is 1. The van der Waals surface area contributed by atoms with Crippen molar-refractivity contribution in [1.82, 2.24) is 25.3 Å². The molecule has 2 aliphatic carbocycles. The lowest BCUT2D eigenvalue weighted by Gasteiger charge is -2.48. The van der Waals surface area contributed by atoms with E-state index in [1.807, 2.05) is 25.5 Å². The van der Waals surface area contributed by atoms with Crippen LogP contribution in [0, 0.1) is 17.8 Å². The Morgan fingerprint density at radius 1 is 0.971 bits per heavy atom. The first-order valence-electron chi connectivity index (χ1n) is 13.1. The molecule has 182 valence electrons. The van der Waals surface area contributed by atoms with Crippen molar-refractivity contribution < 1.29 is 0 Å². The minimum Gasteiger partial charge on any atom is -0.387 e. The SMILES string of the molecule is C=C(NC)c1cc(NC2CCC(Cc3cc(N4CC5CC(C5)C4)cc4nccnc34)CC2)ncn1. The van der Waals surface area contributed by atoms with Gasteiger partial charge in [-0.25, -0.2) is 9.97 Å². The summed E-state index contributed by atoms with van der Waals surface area (Å²) in [4.78, 5) is 20.7. The maximum Gasteiger partial charge on any atom is 0.130 e. The molecule has 35 heavy (non-hydrogen) atoms. The van der Waals surface area contributed by atoms with Crippen LogP contribution >= 0.6 is 0 Å². The van der Waals surface area contributed by atoms with E-state index in [1.54, 1.807) is 6.33 Å². The molecule has 3 aromatic rings. The molecule has 2 N–H and O–H groups in total. The molecule has 0 radical (unpaired) electrons. The molecule has 4 heterocycles. The molecule has 7 heteroatoms. The van der Waals surface area contributed by atoms with E-state index in [1.165, 1.54) is 50.0 Å². The van der Waals surface area contributed by atoms with Crippen LogP contribution in [-0.4, -0.2) is 46.1 Å². The zero-order chi connectivity index (χ0) is 23.8. The summed E-state index contributed by atoms with van der Waals surface area (Å²) in [5.74, 6) is 3.33. The van der Waals surface area contributed by atoms with E-state index in [2.05, 4.69) is 49.2 Å². The maximum atomic E-state index is 4.74. The van der Waals surface area contributed by atoms with Crippen LogP contribution in [0.15, 0.2) is 43.5 Å². The third-order valence-corrected chi connectivity index (χ3v) is 8.28. The average molecular weight is 470 g/mol. The molecule has 2 aliphatic heterocycles. The van der Waals surface area contributed by atoms with Gasteiger partial charge in [-0.15, -0.1) is 0 Å². The van der Waals surface area contributed by atoms with Crippen molar-refractivity contribution in [3.8, 4) is 0 Å². The zero-order valence-corrected chi connectivity index (χ0v) is 20.6. The molecule has 4 aliphatic rings. The molecule has 2 saturated heterocycles. The van der Waals surface area contributed by atoms with Crippen LogP contribution in [0.3, 0.4) is 0 Å². The van der Waals surface area contributed by atoms with E-state index in [9.17, 15) is 0 Å². The zero-order valence-electron chi connectivity index (χ0n) is 20.6. The fourth-order valence-corrected chi connectivity index (χ4v) is 6.31. The molecule has 7 rings (SSSR count). The van der Waals surface area contributed by atoms with Gasteiger partial charge in [-0.1, -0.05) is 6.58 Å². The molecule has 2 saturated carbocycles. The van der Waals surface area contributed by atoms with Crippen molar-refractivity contribution in [2.24, 2.45) is 17.8 Å². The van der Waals surface area contributed by atoms with E-state index < -0.39 is 0 Å². The monoisotopic (exact) mass is 469 g/mol. The lowest BCUT2D eigenvalue weighted by Crippen LogP contribution is -2.48. The lowest BCUT2D eigenvalue weighted by atomic mass is 9.71. The van der Waals surface area contributed by atoms with Gasteiger partial charge in [-0.05, 0) is 80.4 Å². The minimum absolute atomic E-state index is 0.444. The average Bonchev–Trinajstić information content (AvgIpc) is 2.89. The van der Waals surface area contributed by atoms with Crippen LogP contribution in [0.25, 0.3) is 16.7 Å². The summed E-state index contributed by atoms with van der Waals surface area (Å²) >= 11 is 0. The Bertz CT molecular complexity index is 1200. The highest BCUT2D eigenvalue weighted by atomic mass is 15.2. The van der Waals surface area contributed by atoms with Gasteiger partial charge in [0.2, 0.25) is 0 Å². The smallest absolute Gasteiger partial charge is 0.130 e. The Labute approximate surface area is 207 Å². The number of anilines is 2. The number of hydrogen-bond donors (Lipinski definition) is 2.